The van der Waals surface area contributed by atoms with Crippen LogP contribution in [-0.4, -0.2) is 12.6 Å². The molecule has 2 rings (SSSR count). The number of ether oxygens (including phenoxy) is 2. The summed E-state index contributed by atoms with van der Waals surface area (Å²) in [7, 11) is 0. The van der Waals surface area contributed by atoms with Crippen LogP contribution in [0.2, 0.25) is 0 Å². The Labute approximate surface area is 155 Å². The van der Waals surface area contributed by atoms with Crippen molar-refractivity contribution in [2.24, 2.45) is 0 Å². The lowest BCUT2D eigenvalue weighted by atomic mass is 10.1. The van der Waals surface area contributed by atoms with E-state index in [-0.39, 0.29) is 5.97 Å². The summed E-state index contributed by atoms with van der Waals surface area (Å²) in [5.41, 5.74) is 0.502. The fourth-order valence-corrected chi connectivity index (χ4v) is 2.59. The van der Waals surface area contributed by atoms with Gasteiger partial charge in [0.2, 0.25) is 0 Å². The lowest BCUT2D eigenvalue weighted by Crippen LogP contribution is -2.08. The number of rotatable bonds is 10. The molecule has 4 heteroatoms. The molecule has 0 radical (unpaired) electrons. The Bertz CT molecular complexity index is 635. The first-order chi connectivity index (χ1) is 12.2. The fourth-order valence-electron chi connectivity index (χ4n) is 2.44. The Kier molecular flexibility index (Phi) is 8.40. The maximum absolute atomic E-state index is 12.1. The molecule has 0 spiro atoms. The van der Waals surface area contributed by atoms with Crippen molar-refractivity contribution >= 4 is 18.6 Å². The van der Waals surface area contributed by atoms with E-state index in [4.69, 9.17) is 9.47 Å². The van der Waals surface area contributed by atoms with Gasteiger partial charge in [0.15, 0.2) is 0 Å². The molecule has 134 valence electrons. The number of benzene rings is 2. The maximum Gasteiger partial charge on any atom is 0.343 e. The Morgan fingerprint density at radius 2 is 1.44 bits per heavy atom. The number of carbonyl (C=O) groups excluding carboxylic acids is 1. The first-order valence-corrected chi connectivity index (χ1v) is 9.38. The predicted octanol–water partition coefficient (Wildman–Crippen LogP) is 5.93. The second-order valence-corrected chi connectivity index (χ2v) is 6.54. The Morgan fingerprint density at radius 1 is 0.840 bits per heavy atom. The van der Waals surface area contributed by atoms with Crippen molar-refractivity contribution in [1.82, 2.24) is 0 Å². The molecule has 0 atom stereocenters. The van der Waals surface area contributed by atoms with Gasteiger partial charge >= 0.3 is 5.97 Å². The zero-order chi connectivity index (χ0) is 17.9. The zero-order valence-corrected chi connectivity index (χ0v) is 15.6. The summed E-state index contributed by atoms with van der Waals surface area (Å²) >= 11 is 4.21. The SMILES string of the molecule is CCCCCCCCOc1ccc(C(=O)Oc2ccc(S)cc2)cc1. The number of thiol groups is 1. The van der Waals surface area contributed by atoms with Crippen LogP contribution >= 0.6 is 12.6 Å². The highest BCUT2D eigenvalue weighted by Gasteiger charge is 2.08. The molecule has 0 amide bonds. The Hall–Kier alpha value is -1.94. The van der Waals surface area contributed by atoms with Crippen molar-refractivity contribution in [2.45, 2.75) is 50.3 Å². The van der Waals surface area contributed by atoms with Gasteiger partial charge < -0.3 is 9.47 Å². The van der Waals surface area contributed by atoms with Crippen LogP contribution in [0.15, 0.2) is 53.4 Å². The largest absolute Gasteiger partial charge is 0.494 e. The monoisotopic (exact) mass is 358 g/mol. The van der Waals surface area contributed by atoms with Gasteiger partial charge in [-0.25, -0.2) is 4.79 Å². The third-order valence-corrected chi connectivity index (χ3v) is 4.20. The molecule has 0 aliphatic rings. The molecular weight excluding hydrogens is 332 g/mol. The molecule has 0 aliphatic heterocycles. The topological polar surface area (TPSA) is 35.5 Å². The van der Waals surface area contributed by atoms with Crippen molar-refractivity contribution in [1.29, 1.82) is 0 Å². The lowest BCUT2D eigenvalue weighted by Gasteiger charge is -2.08. The van der Waals surface area contributed by atoms with E-state index < -0.39 is 0 Å². The molecule has 0 aliphatic carbocycles. The van der Waals surface area contributed by atoms with Crippen LogP contribution in [0.3, 0.4) is 0 Å². The number of unbranched alkanes of at least 4 members (excludes halogenated alkanes) is 5. The summed E-state index contributed by atoms with van der Waals surface area (Å²) in [6, 6.07) is 14.1. The molecule has 0 saturated carbocycles. The highest BCUT2D eigenvalue weighted by atomic mass is 32.1. The molecule has 0 aromatic heterocycles. The van der Waals surface area contributed by atoms with Crippen LogP contribution < -0.4 is 9.47 Å². The van der Waals surface area contributed by atoms with Gasteiger partial charge in [0, 0.05) is 4.90 Å². The van der Waals surface area contributed by atoms with Gasteiger partial charge in [-0.2, -0.15) is 0 Å². The van der Waals surface area contributed by atoms with E-state index in [0.717, 1.165) is 17.1 Å². The fraction of sp³-hybridized carbons (Fsp3) is 0.381. The van der Waals surface area contributed by atoms with Crippen LogP contribution in [0.25, 0.3) is 0 Å². The highest BCUT2D eigenvalue weighted by Crippen LogP contribution is 2.18. The summed E-state index contributed by atoms with van der Waals surface area (Å²) < 4.78 is 11.0. The van der Waals surface area contributed by atoms with E-state index in [2.05, 4.69) is 19.6 Å². The third kappa shape index (κ3) is 7.22. The van der Waals surface area contributed by atoms with Crippen molar-refractivity contribution in [3.63, 3.8) is 0 Å². The average molecular weight is 359 g/mol. The third-order valence-electron chi connectivity index (χ3n) is 3.90. The number of hydrogen-bond acceptors (Lipinski definition) is 4. The van der Waals surface area contributed by atoms with Gasteiger partial charge in [0.1, 0.15) is 11.5 Å². The van der Waals surface area contributed by atoms with E-state index in [1.54, 1.807) is 36.4 Å². The Balaban J connectivity index is 1.73. The standard InChI is InChI=1S/C21H26O3S/c1-2-3-4-5-6-7-16-23-18-10-8-17(9-11-18)21(22)24-19-12-14-20(25)15-13-19/h8-15,25H,2-7,16H2,1H3. The van der Waals surface area contributed by atoms with Crippen LogP contribution in [0, 0.1) is 0 Å². The van der Waals surface area contributed by atoms with Gasteiger partial charge in [-0.15, -0.1) is 12.6 Å². The van der Waals surface area contributed by atoms with Gasteiger partial charge in [-0.05, 0) is 55.0 Å². The number of hydrogen-bond donors (Lipinski definition) is 1. The second-order valence-electron chi connectivity index (χ2n) is 6.02. The van der Waals surface area contributed by atoms with E-state index in [1.807, 2.05) is 12.1 Å². The molecule has 0 unspecified atom stereocenters. The molecule has 0 fully saturated rings. The molecule has 0 bridgehead atoms. The first kappa shape index (κ1) is 19.4. The van der Waals surface area contributed by atoms with E-state index in [9.17, 15) is 4.79 Å². The quantitative estimate of drug-likeness (QED) is 0.247. The average Bonchev–Trinajstić information content (AvgIpc) is 2.63. The summed E-state index contributed by atoms with van der Waals surface area (Å²) in [6.07, 6.45) is 7.44. The Morgan fingerprint density at radius 3 is 2.12 bits per heavy atom. The van der Waals surface area contributed by atoms with Crippen molar-refractivity contribution < 1.29 is 14.3 Å². The maximum atomic E-state index is 12.1. The molecule has 0 heterocycles. The summed E-state index contributed by atoms with van der Waals surface area (Å²) in [4.78, 5) is 12.9. The molecule has 0 saturated heterocycles. The van der Waals surface area contributed by atoms with E-state index in [1.165, 1.54) is 32.1 Å². The molecule has 2 aromatic carbocycles. The summed E-state index contributed by atoms with van der Waals surface area (Å²) in [6.45, 7) is 2.94. The van der Waals surface area contributed by atoms with Gasteiger partial charge in [0.05, 0.1) is 12.2 Å². The number of carbonyl (C=O) groups is 1. The minimum absolute atomic E-state index is 0.380. The van der Waals surface area contributed by atoms with Gasteiger partial charge in [-0.1, -0.05) is 39.0 Å². The van der Waals surface area contributed by atoms with Crippen molar-refractivity contribution in [3.8, 4) is 11.5 Å². The molecule has 3 nitrogen and oxygen atoms in total. The van der Waals surface area contributed by atoms with Gasteiger partial charge in [-0.3, -0.25) is 0 Å². The highest BCUT2D eigenvalue weighted by molar-refractivity contribution is 7.80. The number of esters is 1. The van der Waals surface area contributed by atoms with Crippen molar-refractivity contribution in [3.05, 3.63) is 54.1 Å². The van der Waals surface area contributed by atoms with Crippen LogP contribution in [0.5, 0.6) is 11.5 Å². The molecule has 0 N–H and O–H groups in total. The lowest BCUT2D eigenvalue weighted by molar-refractivity contribution is 0.0734. The van der Waals surface area contributed by atoms with E-state index in [0.29, 0.717) is 17.9 Å². The van der Waals surface area contributed by atoms with Crippen LogP contribution in [0.1, 0.15) is 55.8 Å². The van der Waals surface area contributed by atoms with Crippen molar-refractivity contribution in [2.75, 3.05) is 6.61 Å². The molecular formula is C21H26O3S. The van der Waals surface area contributed by atoms with E-state index >= 15 is 0 Å². The first-order valence-electron chi connectivity index (χ1n) is 8.93. The minimum atomic E-state index is -0.380. The van der Waals surface area contributed by atoms with Crippen LogP contribution in [-0.2, 0) is 0 Å². The van der Waals surface area contributed by atoms with Gasteiger partial charge in [0.25, 0.3) is 0 Å². The predicted molar refractivity (Wildman–Crippen MR) is 104 cm³/mol. The zero-order valence-electron chi connectivity index (χ0n) is 14.7. The summed E-state index contributed by atoms with van der Waals surface area (Å²) in [5.74, 6) is 0.908. The van der Waals surface area contributed by atoms with Crippen LogP contribution in [0.4, 0.5) is 0 Å². The second kappa shape index (κ2) is 10.8. The smallest absolute Gasteiger partial charge is 0.343 e. The minimum Gasteiger partial charge on any atom is -0.494 e. The molecule has 25 heavy (non-hydrogen) atoms. The molecule has 2 aromatic rings. The summed E-state index contributed by atoms with van der Waals surface area (Å²) in [5, 5.41) is 0. The normalized spacial score (nSPS) is 10.5.